The maximum atomic E-state index is 11.8. The number of hydrogen-bond donors (Lipinski definition) is 4. The highest BCUT2D eigenvalue weighted by molar-refractivity contribution is 5.86. The summed E-state index contributed by atoms with van der Waals surface area (Å²) < 4.78 is 0. The van der Waals surface area contributed by atoms with Crippen molar-refractivity contribution in [3.63, 3.8) is 0 Å². The van der Waals surface area contributed by atoms with Gasteiger partial charge in [-0.2, -0.15) is 0 Å². The largest absolute Gasteiger partial charge is 0.481 e. The van der Waals surface area contributed by atoms with E-state index in [0.29, 0.717) is 13.0 Å². The van der Waals surface area contributed by atoms with Crippen molar-refractivity contribution in [2.45, 2.75) is 31.9 Å². The molecule has 4 N–H and O–H groups in total. The molecule has 19 heavy (non-hydrogen) atoms. The van der Waals surface area contributed by atoms with Crippen molar-refractivity contribution in [3.05, 3.63) is 0 Å². The Balaban J connectivity index is 2.57. The Hall–Kier alpha value is -1.83. The first-order valence-corrected chi connectivity index (χ1v) is 5.99. The Morgan fingerprint density at radius 2 is 2.00 bits per heavy atom. The van der Waals surface area contributed by atoms with E-state index in [4.69, 9.17) is 10.2 Å². The Morgan fingerprint density at radius 3 is 2.47 bits per heavy atom. The van der Waals surface area contributed by atoms with Crippen LogP contribution in [0.15, 0.2) is 0 Å². The number of carboxylic acids is 2. The van der Waals surface area contributed by atoms with Crippen LogP contribution in [-0.2, 0) is 9.59 Å². The first-order chi connectivity index (χ1) is 8.81. The summed E-state index contributed by atoms with van der Waals surface area (Å²) in [6, 6.07) is -2.14. The van der Waals surface area contributed by atoms with Crippen LogP contribution < -0.4 is 5.32 Å². The lowest BCUT2D eigenvalue weighted by molar-refractivity contribution is -0.145. The third-order valence-electron chi connectivity index (χ3n) is 3.18. The van der Waals surface area contributed by atoms with Gasteiger partial charge in [-0.1, -0.05) is 6.92 Å². The first-order valence-electron chi connectivity index (χ1n) is 5.99. The molecular weight excluding hydrogens is 256 g/mol. The van der Waals surface area contributed by atoms with Crippen LogP contribution in [0.25, 0.3) is 0 Å². The molecule has 3 unspecified atom stereocenters. The van der Waals surface area contributed by atoms with Crippen LogP contribution in [0.5, 0.6) is 0 Å². The molecular formula is C11H18N2O6. The number of amides is 2. The van der Waals surface area contributed by atoms with Gasteiger partial charge in [-0.15, -0.1) is 0 Å². The van der Waals surface area contributed by atoms with Crippen molar-refractivity contribution in [3.8, 4) is 0 Å². The van der Waals surface area contributed by atoms with Gasteiger partial charge in [0.05, 0.1) is 12.5 Å². The lowest BCUT2D eigenvalue weighted by Gasteiger charge is -2.34. The Kier molecular flexibility index (Phi) is 5.11. The molecule has 1 heterocycles. The fourth-order valence-corrected chi connectivity index (χ4v) is 1.85. The summed E-state index contributed by atoms with van der Waals surface area (Å²) in [6.45, 7) is 2.39. The van der Waals surface area contributed by atoms with Crippen LogP contribution in [0.2, 0.25) is 0 Å². The van der Waals surface area contributed by atoms with E-state index < -0.39 is 36.5 Å². The van der Waals surface area contributed by atoms with Gasteiger partial charge in [-0.25, -0.2) is 9.59 Å². The van der Waals surface area contributed by atoms with E-state index in [1.165, 1.54) is 4.90 Å². The molecule has 0 saturated carbocycles. The summed E-state index contributed by atoms with van der Waals surface area (Å²) in [5.41, 5.74) is 0. The second-order valence-electron chi connectivity index (χ2n) is 4.72. The molecule has 108 valence electrons. The normalized spacial score (nSPS) is 24.6. The van der Waals surface area contributed by atoms with E-state index in [0.717, 1.165) is 0 Å². The fourth-order valence-electron chi connectivity index (χ4n) is 1.85. The Morgan fingerprint density at radius 1 is 1.37 bits per heavy atom. The van der Waals surface area contributed by atoms with Crippen LogP contribution in [-0.4, -0.2) is 63.4 Å². The molecule has 0 aromatic heterocycles. The molecule has 8 nitrogen and oxygen atoms in total. The fraction of sp³-hybridized carbons (Fsp3) is 0.727. The molecule has 2 amide bonds. The number of carbonyl (C=O) groups is 3. The van der Waals surface area contributed by atoms with Crippen LogP contribution >= 0.6 is 0 Å². The topological polar surface area (TPSA) is 127 Å². The highest BCUT2D eigenvalue weighted by atomic mass is 16.4. The SMILES string of the molecule is CC1CCN(C(=O)NC(CC(=O)O)C(=O)O)CC1O. The highest BCUT2D eigenvalue weighted by Gasteiger charge is 2.30. The molecule has 1 rings (SSSR count). The van der Waals surface area contributed by atoms with Crippen LogP contribution in [0.4, 0.5) is 4.79 Å². The molecule has 1 saturated heterocycles. The third-order valence-corrected chi connectivity index (χ3v) is 3.18. The third kappa shape index (κ3) is 4.40. The number of piperidine rings is 1. The van der Waals surface area contributed by atoms with Crippen LogP contribution in [0, 0.1) is 5.92 Å². The average Bonchev–Trinajstić information content (AvgIpc) is 2.31. The molecule has 1 fully saturated rings. The molecule has 8 heteroatoms. The second kappa shape index (κ2) is 6.37. The summed E-state index contributed by atoms with van der Waals surface area (Å²) in [5, 5.41) is 29.2. The number of rotatable bonds is 4. The van der Waals surface area contributed by atoms with Crippen molar-refractivity contribution in [1.82, 2.24) is 10.2 Å². The zero-order chi connectivity index (χ0) is 14.6. The average molecular weight is 274 g/mol. The number of hydrogen-bond acceptors (Lipinski definition) is 4. The first kappa shape index (κ1) is 15.2. The molecule has 3 atom stereocenters. The van der Waals surface area contributed by atoms with E-state index in [1.54, 1.807) is 0 Å². The van der Waals surface area contributed by atoms with Crippen LogP contribution in [0.1, 0.15) is 19.8 Å². The Labute approximate surface area is 110 Å². The molecule has 0 aromatic rings. The number of likely N-dealkylation sites (tertiary alicyclic amines) is 1. The smallest absolute Gasteiger partial charge is 0.326 e. The quantitative estimate of drug-likeness (QED) is 0.538. The molecule has 0 spiro atoms. The van der Waals surface area contributed by atoms with E-state index in [2.05, 4.69) is 5.32 Å². The molecule has 1 aliphatic rings. The minimum atomic E-state index is -1.47. The number of nitrogens with one attached hydrogen (secondary N) is 1. The number of carbonyl (C=O) groups excluding carboxylic acids is 1. The number of aliphatic hydroxyl groups is 1. The van der Waals surface area contributed by atoms with Gasteiger partial charge in [-0.3, -0.25) is 4.79 Å². The van der Waals surface area contributed by atoms with Crippen LogP contribution in [0.3, 0.4) is 0 Å². The molecule has 1 aliphatic heterocycles. The van der Waals surface area contributed by atoms with E-state index in [1.807, 2.05) is 6.92 Å². The van der Waals surface area contributed by atoms with Gasteiger partial charge in [0.2, 0.25) is 0 Å². The van der Waals surface area contributed by atoms with Gasteiger partial charge < -0.3 is 25.5 Å². The maximum Gasteiger partial charge on any atom is 0.326 e. The summed E-state index contributed by atoms with van der Waals surface area (Å²) in [6.07, 6.45) is -0.721. The standard InChI is InChI=1S/C11H18N2O6/c1-6-2-3-13(5-8(6)14)11(19)12-7(10(17)18)4-9(15)16/h6-8,14H,2-5H2,1H3,(H,12,19)(H,15,16)(H,17,18). The number of aliphatic carboxylic acids is 2. The monoisotopic (exact) mass is 274 g/mol. The van der Waals surface area contributed by atoms with Crippen molar-refractivity contribution < 1.29 is 29.7 Å². The van der Waals surface area contributed by atoms with Gasteiger partial charge in [0.15, 0.2) is 0 Å². The molecule has 0 aromatic carbocycles. The van der Waals surface area contributed by atoms with Crippen molar-refractivity contribution in [2.75, 3.05) is 13.1 Å². The van der Waals surface area contributed by atoms with E-state index in [9.17, 15) is 19.5 Å². The predicted molar refractivity (Wildman–Crippen MR) is 63.6 cm³/mol. The maximum absolute atomic E-state index is 11.8. The number of carboxylic acid groups (broad SMARTS) is 2. The van der Waals surface area contributed by atoms with Gasteiger partial charge >= 0.3 is 18.0 Å². The lowest BCUT2D eigenvalue weighted by atomic mass is 9.96. The Bertz CT molecular complexity index is 372. The minimum Gasteiger partial charge on any atom is -0.481 e. The van der Waals surface area contributed by atoms with Crippen molar-refractivity contribution >= 4 is 18.0 Å². The summed E-state index contributed by atoms with van der Waals surface area (Å²) in [7, 11) is 0. The van der Waals surface area contributed by atoms with Gasteiger partial charge in [-0.05, 0) is 12.3 Å². The second-order valence-corrected chi connectivity index (χ2v) is 4.72. The summed E-state index contributed by atoms with van der Waals surface area (Å²) in [5.74, 6) is -2.62. The van der Waals surface area contributed by atoms with E-state index in [-0.39, 0.29) is 12.5 Å². The lowest BCUT2D eigenvalue weighted by Crippen LogP contribution is -2.53. The number of nitrogens with zero attached hydrogens (tertiary/aromatic N) is 1. The van der Waals surface area contributed by atoms with E-state index >= 15 is 0 Å². The zero-order valence-electron chi connectivity index (χ0n) is 10.6. The van der Waals surface area contributed by atoms with Gasteiger partial charge in [0.1, 0.15) is 6.04 Å². The van der Waals surface area contributed by atoms with Crippen molar-refractivity contribution in [2.24, 2.45) is 5.92 Å². The number of β-amino-alcohol motifs (C(OH)–C–C–N with tert-alkyl or cyclic N) is 1. The van der Waals surface area contributed by atoms with Gasteiger partial charge in [0.25, 0.3) is 0 Å². The highest BCUT2D eigenvalue weighted by Crippen LogP contribution is 2.16. The number of aliphatic hydroxyl groups excluding tert-OH is 1. The van der Waals surface area contributed by atoms with Crippen molar-refractivity contribution in [1.29, 1.82) is 0 Å². The molecule has 0 aliphatic carbocycles. The van der Waals surface area contributed by atoms with Gasteiger partial charge in [0, 0.05) is 13.1 Å². The summed E-state index contributed by atoms with van der Waals surface area (Å²) >= 11 is 0. The zero-order valence-corrected chi connectivity index (χ0v) is 10.6. The predicted octanol–water partition coefficient (Wildman–Crippen LogP) is -0.673. The summed E-state index contributed by atoms with van der Waals surface area (Å²) in [4.78, 5) is 34.4. The molecule has 0 radical (unpaired) electrons. The number of urea groups is 1. The minimum absolute atomic E-state index is 0.0818. The molecule has 0 bridgehead atoms.